The van der Waals surface area contributed by atoms with E-state index in [1.807, 2.05) is 25.3 Å². The van der Waals surface area contributed by atoms with Crippen molar-refractivity contribution in [2.24, 2.45) is 0 Å². The maximum Gasteiger partial charge on any atom is 0.283 e. The molecule has 0 N–H and O–H groups in total. The standard InChI is InChI=1S/C11H10BrN3O2/c1-8-5-6-14(13-8)7-9-3-2-4-10(11(9)12)15(16)17/h2-6H,7H2,1H3. The maximum absolute atomic E-state index is 10.8. The lowest BCUT2D eigenvalue weighted by molar-refractivity contribution is -0.385. The summed E-state index contributed by atoms with van der Waals surface area (Å²) >= 11 is 3.26. The largest absolute Gasteiger partial charge is 0.283 e. The highest BCUT2D eigenvalue weighted by molar-refractivity contribution is 9.10. The number of benzene rings is 1. The van der Waals surface area contributed by atoms with Crippen LogP contribution in [0.2, 0.25) is 0 Å². The van der Waals surface area contributed by atoms with Gasteiger partial charge in [-0.05, 0) is 34.5 Å². The smallest absolute Gasteiger partial charge is 0.268 e. The molecule has 1 heterocycles. The molecule has 0 amide bonds. The van der Waals surface area contributed by atoms with Gasteiger partial charge in [-0.2, -0.15) is 5.10 Å². The number of aryl methyl sites for hydroxylation is 1. The molecule has 0 bridgehead atoms. The Balaban J connectivity index is 2.33. The molecule has 0 atom stereocenters. The number of rotatable bonds is 3. The van der Waals surface area contributed by atoms with E-state index >= 15 is 0 Å². The average molecular weight is 296 g/mol. The van der Waals surface area contributed by atoms with E-state index < -0.39 is 4.92 Å². The molecule has 5 nitrogen and oxygen atoms in total. The summed E-state index contributed by atoms with van der Waals surface area (Å²) in [5, 5.41) is 15.0. The summed E-state index contributed by atoms with van der Waals surface area (Å²) in [6.45, 7) is 2.41. The van der Waals surface area contributed by atoms with Crippen LogP contribution < -0.4 is 0 Å². The first kappa shape index (κ1) is 11.8. The van der Waals surface area contributed by atoms with Crippen LogP contribution in [0, 0.1) is 17.0 Å². The first-order valence-corrected chi connectivity index (χ1v) is 5.79. The molecule has 0 aliphatic heterocycles. The van der Waals surface area contributed by atoms with E-state index in [9.17, 15) is 10.1 Å². The van der Waals surface area contributed by atoms with Gasteiger partial charge in [0.2, 0.25) is 0 Å². The second-order valence-corrected chi connectivity index (χ2v) is 4.46. The molecule has 0 fully saturated rings. The van der Waals surface area contributed by atoms with Crippen molar-refractivity contribution < 1.29 is 4.92 Å². The van der Waals surface area contributed by atoms with Gasteiger partial charge < -0.3 is 0 Å². The van der Waals surface area contributed by atoms with Crippen molar-refractivity contribution in [3.05, 3.63) is 56.3 Å². The molecule has 88 valence electrons. The van der Waals surface area contributed by atoms with E-state index in [-0.39, 0.29) is 5.69 Å². The molecule has 0 aliphatic rings. The molecule has 1 aromatic heterocycles. The fraction of sp³-hybridized carbons (Fsp3) is 0.182. The Hall–Kier alpha value is -1.69. The van der Waals surface area contributed by atoms with Gasteiger partial charge in [-0.15, -0.1) is 0 Å². The molecule has 0 saturated carbocycles. The molecule has 0 spiro atoms. The average Bonchev–Trinajstić information content (AvgIpc) is 2.67. The summed E-state index contributed by atoms with van der Waals surface area (Å²) < 4.78 is 2.26. The van der Waals surface area contributed by atoms with Crippen LogP contribution in [-0.4, -0.2) is 14.7 Å². The minimum Gasteiger partial charge on any atom is -0.268 e. The number of halogens is 1. The Bertz CT molecular complexity index is 566. The molecule has 2 aromatic rings. The van der Waals surface area contributed by atoms with Gasteiger partial charge in [0.15, 0.2) is 0 Å². The fourth-order valence-corrected chi connectivity index (χ4v) is 2.09. The topological polar surface area (TPSA) is 61.0 Å². The molecule has 17 heavy (non-hydrogen) atoms. The van der Waals surface area contributed by atoms with Gasteiger partial charge in [0.25, 0.3) is 5.69 Å². The van der Waals surface area contributed by atoms with Crippen molar-refractivity contribution in [3.63, 3.8) is 0 Å². The number of hydrogen-bond donors (Lipinski definition) is 0. The van der Waals surface area contributed by atoms with E-state index in [2.05, 4.69) is 21.0 Å². The quantitative estimate of drug-likeness (QED) is 0.646. The lowest BCUT2D eigenvalue weighted by atomic mass is 10.2. The van der Waals surface area contributed by atoms with E-state index in [0.717, 1.165) is 11.3 Å². The van der Waals surface area contributed by atoms with Crippen LogP contribution in [-0.2, 0) is 6.54 Å². The Kier molecular flexibility index (Phi) is 3.23. The number of nitro groups is 1. The number of hydrogen-bond acceptors (Lipinski definition) is 3. The van der Waals surface area contributed by atoms with Crippen molar-refractivity contribution in [2.45, 2.75) is 13.5 Å². The fourth-order valence-electron chi connectivity index (χ4n) is 1.56. The van der Waals surface area contributed by atoms with Crippen LogP contribution in [0.4, 0.5) is 5.69 Å². The van der Waals surface area contributed by atoms with Crippen LogP contribution >= 0.6 is 15.9 Å². The SMILES string of the molecule is Cc1ccn(Cc2cccc([N+](=O)[O-])c2Br)n1. The maximum atomic E-state index is 10.8. The molecule has 2 rings (SSSR count). The zero-order valence-electron chi connectivity index (χ0n) is 9.13. The second kappa shape index (κ2) is 4.67. The van der Waals surface area contributed by atoms with E-state index in [4.69, 9.17) is 0 Å². The first-order valence-electron chi connectivity index (χ1n) is 5.00. The minimum absolute atomic E-state index is 0.0754. The third-order valence-electron chi connectivity index (χ3n) is 2.36. The van der Waals surface area contributed by atoms with Crippen molar-refractivity contribution in [1.82, 2.24) is 9.78 Å². The van der Waals surface area contributed by atoms with Gasteiger partial charge in [-0.3, -0.25) is 14.8 Å². The zero-order valence-corrected chi connectivity index (χ0v) is 10.7. The van der Waals surface area contributed by atoms with Gasteiger partial charge in [-0.1, -0.05) is 12.1 Å². The predicted molar refractivity (Wildman–Crippen MR) is 66.9 cm³/mol. The van der Waals surface area contributed by atoms with Crippen molar-refractivity contribution in [1.29, 1.82) is 0 Å². The molecular weight excluding hydrogens is 286 g/mol. The van der Waals surface area contributed by atoms with E-state index in [0.29, 0.717) is 11.0 Å². The van der Waals surface area contributed by atoms with E-state index in [1.165, 1.54) is 6.07 Å². The summed E-state index contributed by atoms with van der Waals surface area (Å²) in [7, 11) is 0. The molecule has 6 heteroatoms. The Labute approximate surface area is 106 Å². The Morgan fingerprint density at radius 2 is 2.24 bits per heavy atom. The van der Waals surface area contributed by atoms with Crippen LogP contribution in [0.15, 0.2) is 34.9 Å². The lowest BCUT2D eigenvalue weighted by Crippen LogP contribution is -2.02. The number of nitrogens with zero attached hydrogens (tertiary/aromatic N) is 3. The Morgan fingerprint density at radius 3 is 2.82 bits per heavy atom. The van der Waals surface area contributed by atoms with Crippen LogP contribution in [0.1, 0.15) is 11.3 Å². The molecule has 1 aromatic carbocycles. The van der Waals surface area contributed by atoms with Crippen molar-refractivity contribution in [2.75, 3.05) is 0 Å². The lowest BCUT2D eigenvalue weighted by Gasteiger charge is -2.05. The van der Waals surface area contributed by atoms with Gasteiger partial charge in [-0.25, -0.2) is 0 Å². The second-order valence-electron chi connectivity index (χ2n) is 3.66. The van der Waals surface area contributed by atoms with Gasteiger partial charge in [0.1, 0.15) is 4.47 Å². The van der Waals surface area contributed by atoms with Crippen LogP contribution in [0.3, 0.4) is 0 Å². The number of aromatic nitrogens is 2. The summed E-state index contributed by atoms with van der Waals surface area (Å²) in [6.07, 6.45) is 1.85. The zero-order chi connectivity index (χ0) is 12.4. The van der Waals surface area contributed by atoms with Crippen molar-refractivity contribution in [3.8, 4) is 0 Å². The van der Waals surface area contributed by atoms with Gasteiger partial charge in [0.05, 0.1) is 17.2 Å². The highest BCUT2D eigenvalue weighted by atomic mass is 79.9. The predicted octanol–water partition coefficient (Wildman–Crippen LogP) is 2.91. The Morgan fingerprint density at radius 1 is 1.47 bits per heavy atom. The van der Waals surface area contributed by atoms with Crippen LogP contribution in [0.25, 0.3) is 0 Å². The normalized spacial score (nSPS) is 10.5. The molecule has 0 aliphatic carbocycles. The summed E-state index contributed by atoms with van der Waals surface area (Å²) in [4.78, 5) is 10.4. The van der Waals surface area contributed by atoms with E-state index in [1.54, 1.807) is 10.7 Å². The first-order chi connectivity index (χ1) is 8.08. The molecular formula is C11H10BrN3O2. The minimum atomic E-state index is -0.401. The molecule has 0 unspecified atom stereocenters. The van der Waals surface area contributed by atoms with Gasteiger partial charge >= 0.3 is 0 Å². The van der Waals surface area contributed by atoms with Crippen molar-refractivity contribution >= 4 is 21.6 Å². The summed E-state index contributed by atoms with van der Waals surface area (Å²) in [5.74, 6) is 0. The third-order valence-corrected chi connectivity index (χ3v) is 3.28. The summed E-state index contributed by atoms with van der Waals surface area (Å²) in [5.41, 5.74) is 1.83. The summed E-state index contributed by atoms with van der Waals surface area (Å²) in [6, 6.07) is 6.88. The highest BCUT2D eigenvalue weighted by Crippen LogP contribution is 2.28. The molecule has 0 radical (unpaired) electrons. The molecule has 0 saturated heterocycles. The van der Waals surface area contributed by atoms with Gasteiger partial charge in [0, 0.05) is 12.3 Å². The monoisotopic (exact) mass is 295 g/mol. The number of nitro benzene ring substituents is 1. The van der Waals surface area contributed by atoms with Crippen LogP contribution in [0.5, 0.6) is 0 Å². The third kappa shape index (κ3) is 2.52. The highest BCUT2D eigenvalue weighted by Gasteiger charge is 2.14.